The van der Waals surface area contributed by atoms with Gasteiger partial charge in [0.15, 0.2) is 0 Å². The van der Waals surface area contributed by atoms with Crippen molar-refractivity contribution in [3.63, 3.8) is 0 Å². The fourth-order valence-corrected chi connectivity index (χ4v) is 2.15. The molecule has 1 aromatic heterocycles. The maximum Gasteiger partial charge on any atom is 0.142 e. The number of rotatable bonds is 6. The number of hydrogen-bond acceptors (Lipinski definition) is 4. The maximum absolute atomic E-state index is 13.1. The summed E-state index contributed by atoms with van der Waals surface area (Å²) in [7, 11) is 4.02. The van der Waals surface area contributed by atoms with Crippen LogP contribution >= 0.6 is 0 Å². The van der Waals surface area contributed by atoms with Gasteiger partial charge in [-0.25, -0.2) is 9.37 Å². The fourth-order valence-electron chi connectivity index (χ4n) is 2.15. The molecule has 1 N–H and O–H groups in total. The standard InChI is InChI=1S/C13H22FN3O/c1-5-17(10(2)8-16(3)4)13-11(9-18)6-12(14)7-15-13/h6-7,10,18H,5,8-9H2,1-4H3. The smallest absolute Gasteiger partial charge is 0.142 e. The van der Waals surface area contributed by atoms with Crippen molar-refractivity contribution in [1.82, 2.24) is 9.88 Å². The Morgan fingerprint density at radius 3 is 2.61 bits per heavy atom. The van der Waals surface area contributed by atoms with Gasteiger partial charge in [0.05, 0.1) is 12.8 Å². The van der Waals surface area contributed by atoms with E-state index in [1.165, 1.54) is 12.3 Å². The van der Waals surface area contributed by atoms with Gasteiger partial charge < -0.3 is 14.9 Å². The van der Waals surface area contributed by atoms with Gasteiger partial charge in [0.25, 0.3) is 0 Å². The predicted molar refractivity (Wildman–Crippen MR) is 71.2 cm³/mol. The van der Waals surface area contributed by atoms with E-state index >= 15 is 0 Å². The van der Waals surface area contributed by atoms with Crippen LogP contribution in [0.3, 0.4) is 0 Å². The molecule has 0 aromatic carbocycles. The molecule has 0 aliphatic heterocycles. The molecule has 0 spiro atoms. The van der Waals surface area contributed by atoms with Crippen LogP contribution in [0, 0.1) is 5.82 Å². The normalized spacial score (nSPS) is 12.8. The lowest BCUT2D eigenvalue weighted by atomic mass is 10.2. The summed E-state index contributed by atoms with van der Waals surface area (Å²) in [5.41, 5.74) is 0.530. The third-order valence-corrected chi connectivity index (χ3v) is 2.85. The predicted octanol–water partition coefficient (Wildman–Crippen LogP) is 1.49. The monoisotopic (exact) mass is 255 g/mol. The molecule has 0 saturated carbocycles. The van der Waals surface area contributed by atoms with E-state index in [0.29, 0.717) is 11.4 Å². The first-order valence-electron chi connectivity index (χ1n) is 6.16. The van der Waals surface area contributed by atoms with Crippen LogP contribution in [0.25, 0.3) is 0 Å². The van der Waals surface area contributed by atoms with Crippen molar-refractivity contribution in [3.8, 4) is 0 Å². The van der Waals surface area contributed by atoms with E-state index in [9.17, 15) is 9.50 Å². The van der Waals surface area contributed by atoms with Crippen molar-refractivity contribution in [2.24, 2.45) is 0 Å². The maximum atomic E-state index is 13.1. The number of halogens is 1. The van der Waals surface area contributed by atoms with Crippen molar-refractivity contribution in [2.45, 2.75) is 26.5 Å². The van der Waals surface area contributed by atoms with Gasteiger partial charge in [-0.15, -0.1) is 0 Å². The van der Waals surface area contributed by atoms with Crippen LogP contribution in [0.5, 0.6) is 0 Å². The van der Waals surface area contributed by atoms with Gasteiger partial charge in [0, 0.05) is 24.7 Å². The molecule has 1 aromatic rings. The molecule has 5 heteroatoms. The number of anilines is 1. The van der Waals surface area contributed by atoms with Gasteiger partial charge in [-0.1, -0.05) is 0 Å². The second kappa shape index (κ2) is 6.66. The topological polar surface area (TPSA) is 39.6 Å². The molecule has 102 valence electrons. The molecular weight excluding hydrogens is 233 g/mol. The first kappa shape index (κ1) is 14.9. The van der Waals surface area contributed by atoms with Gasteiger partial charge in [-0.05, 0) is 34.0 Å². The second-order valence-corrected chi connectivity index (χ2v) is 4.69. The van der Waals surface area contributed by atoms with Crippen LogP contribution in [-0.4, -0.2) is 48.2 Å². The van der Waals surface area contributed by atoms with Crippen molar-refractivity contribution in [1.29, 1.82) is 0 Å². The summed E-state index contributed by atoms with van der Waals surface area (Å²) in [6, 6.07) is 1.58. The van der Waals surface area contributed by atoms with Gasteiger partial charge in [-0.3, -0.25) is 0 Å². The Morgan fingerprint density at radius 1 is 1.44 bits per heavy atom. The lowest BCUT2D eigenvalue weighted by molar-refractivity contribution is 0.280. The molecule has 1 atom stereocenters. The molecule has 0 saturated heterocycles. The minimum Gasteiger partial charge on any atom is -0.392 e. The Morgan fingerprint density at radius 2 is 2.11 bits per heavy atom. The molecule has 0 aliphatic carbocycles. The Kier molecular flexibility index (Phi) is 5.50. The Labute approximate surface area is 108 Å². The minimum absolute atomic E-state index is 0.203. The number of aromatic nitrogens is 1. The van der Waals surface area contributed by atoms with Crippen molar-refractivity contribution in [3.05, 3.63) is 23.6 Å². The average Bonchev–Trinajstić information content (AvgIpc) is 2.30. The number of pyridine rings is 1. The molecule has 0 fully saturated rings. The highest BCUT2D eigenvalue weighted by molar-refractivity contribution is 5.47. The van der Waals surface area contributed by atoms with Crippen LogP contribution in [-0.2, 0) is 6.61 Å². The first-order valence-corrected chi connectivity index (χ1v) is 6.16. The number of aliphatic hydroxyl groups excluding tert-OH is 1. The molecule has 1 unspecified atom stereocenters. The Hall–Kier alpha value is -1.20. The van der Waals surface area contributed by atoms with Crippen LogP contribution in [0.1, 0.15) is 19.4 Å². The van der Waals surface area contributed by atoms with Crippen LogP contribution in [0.2, 0.25) is 0 Å². The van der Waals surface area contributed by atoms with Crippen molar-refractivity contribution < 1.29 is 9.50 Å². The van der Waals surface area contributed by atoms with E-state index < -0.39 is 5.82 Å². The second-order valence-electron chi connectivity index (χ2n) is 4.69. The molecule has 0 aliphatic rings. The zero-order chi connectivity index (χ0) is 13.7. The lowest BCUT2D eigenvalue weighted by Crippen LogP contribution is -2.41. The SMILES string of the molecule is CCN(c1ncc(F)cc1CO)C(C)CN(C)C. The number of hydrogen-bond donors (Lipinski definition) is 1. The molecule has 0 amide bonds. The summed E-state index contributed by atoms with van der Waals surface area (Å²) in [4.78, 5) is 8.29. The Bertz CT molecular complexity index is 384. The van der Waals surface area contributed by atoms with E-state index in [0.717, 1.165) is 13.1 Å². The fraction of sp³-hybridized carbons (Fsp3) is 0.615. The number of nitrogens with zero attached hydrogens (tertiary/aromatic N) is 3. The third-order valence-electron chi connectivity index (χ3n) is 2.85. The molecule has 0 radical (unpaired) electrons. The summed E-state index contributed by atoms with van der Waals surface area (Å²) in [5, 5.41) is 9.31. The van der Waals surface area contributed by atoms with E-state index in [1.54, 1.807) is 0 Å². The van der Waals surface area contributed by atoms with E-state index in [1.807, 2.05) is 21.0 Å². The molecule has 4 nitrogen and oxygen atoms in total. The summed E-state index contributed by atoms with van der Waals surface area (Å²) >= 11 is 0. The van der Waals surface area contributed by atoms with Gasteiger partial charge in [0.1, 0.15) is 11.6 Å². The minimum atomic E-state index is -0.417. The van der Waals surface area contributed by atoms with Crippen molar-refractivity contribution in [2.75, 3.05) is 32.1 Å². The molecule has 1 rings (SSSR count). The molecule has 1 heterocycles. The highest BCUT2D eigenvalue weighted by atomic mass is 19.1. The number of likely N-dealkylation sites (N-methyl/N-ethyl adjacent to an activating group) is 2. The zero-order valence-corrected chi connectivity index (χ0v) is 11.5. The van der Waals surface area contributed by atoms with E-state index in [-0.39, 0.29) is 12.6 Å². The summed E-state index contributed by atoms with van der Waals surface area (Å²) in [6.07, 6.45) is 1.19. The molecule has 18 heavy (non-hydrogen) atoms. The van der Waals surface area contributed by atoms with E-state index in [2.05, 4.69) is 21.7 Å². The van der Waals surface area contributed by atoms with Crippen LogP contribution in [0.15, 0.2) is 12.3 Å². The largest absolute Gasteiger partial charge is 0.392 e. The quantitative estimate of drug-likeness (QED) is 0.836. The summed E-state index contributed by atoms with van der Waals surface area (Å²) < 4.78 is 13.1. The van der Waals surface area contributed by atoms with Crippen LogP contribution < -0.4 is 4.90 Å². The van der Waals surface area contributed by atoms with Gasteiger partial charge in [0.2, 0.25) is 0 Å². The zero-order valence-electron chi connectivity index (χ0n) is 11.5. The summed E-state index contributed by atoms with van der Waals surface area (Å²) in [6.45, 7) is 5.55. The van der Waals surface area contributed by atoms with Gasteiger partial charge >= 0.3 is 0 Å². The third kappa shape index (κ3) is 3.65. The number of aliphatic hydroxyl groups is 1. The van der Waals surface area contributed by atoms with Gasteiger partial charge in [-0.2, -0.15) is 0 Å². The van der Waals surface area contributed by atoms with Crippen molar-refractivity contribution >= 4 is 5.82 Å². The first-order chi connectivity index (χ1) is 8.49. The Balaban J connectivity index is 3.00. The highest BCUT2D eigenvalue weighted by Gasteiger charge is 2.18. The summed E-state index contributed by atoms with van der Waals surface area (Å²) in [5.74, 6) is 0.245. The highest BCUT2D eigenvalue weighted by Crippen LogP contribution is 2.20. The molecule has 0 bridgehead atoms. The molecular formula is C13H22FN3O. The van der Waals surface area contributed by atoms with E-state index in [4.69, 9.17) is 0 Å². The van der Waals surface area contributed by atoms with Crippen LogP contribution in [0.4, 0.5) is 10.2 Å². The average molecular weight is 255 g/mol. The lowest BCUT2D eigenvalue weighted by Gasteiger charge is -2.32.